The summed E-state index contributed by atoms with van der Waals surface area (Å²) < 4.78 is 0. The van der Waals surface area contributed by atoms with Gasteiger partial charge in [0, 0.05) is 6.61 Å². The predicted octanol–water partition coefficient (Wildman–Crippen LogP) is 2.48. The predicted molar refractivity (Wildman–Crippen MR) is 58.1 cm³/mol. The lowest BCUT2D eigenvalue weighted by atomic mass is 9.62. The molecule has 0 amide bonds. The van der Waals surface area contributed by atoms with Crippen molar-refractivity contribution < 1.29 is 10.2 Å². The van der Waals surface area contributed by atoms with E-state index >= 15 is 0 Å². The van der Waals surface area contributed by atoms with E-state index in [1.807, 2.05) is 6.92 Å². The fourth-order valence-corrected chi connectivity index (χ4v) is 2.89. The van der Waals surface area contributed by atoms with Gasteiger partial charge in [0.1, 0.15) is 0 Å². The standard InChI is InChI=1S/C12H24O2/c1-3-12(14,9-10-13)11(2)7-5-4-6-8-11/h13-14H,3-10H2,1-2H3. The molecular formula is C12H24O2. The van der Waals surface area contributed by atoms with Crippen LogP contribution < -0.4 is 0 Å². The van der Waals surface area contributed by atoms with Crippen LogP contribution in [0.25, 0.3) is 0 Å². The molecule has 0 bridgehead atoms. The molecule has 1 aliphatic carbocycles. The van der Waals surface area contributed by atoms with Crippen LogP contribution in [0.15, 0.2) is 0 Å². The Morgan fingerprint density at radius 1 is 1.21 bits per heavy atom. The van der Waals surface area contributed by atoms with Gasteiger partial charge in [0.05, 0.1) is 5.60 Å². The second-order valence-corrected chi connectivity index (χ2v) is 4.98. The highest BCUT2D eigenvalue weighted by molar-refractivity contribution is 4.96. The molecular weight excluding hydrogens is 176 g/mol. The Morgan fingerprint density at radius 2 is 1.79 bits per heavy atom. The van der Waals surface area contributed by atoms with E-state index in [4.69, 9.17) is 5.11 Å². The lowest BCUT2D eigenvalue weighted by Gasteiger charge is -2.47. The summed E-state index contributed by atoms with van der Waals surface area (Å²) in [5.74, 6) is 0. The molecule has 1 atom stereocenters. The van der Waals surface area contributed by atoms with Crippen LogP contribution in [0.3, 0.4) is 0 Å². The van der Waals surface area contributed by atoms with E-state index < -0.39 is 5.60 Å². The molecule has 2 heteroatoms. The largest absolute Gasteiger partial charge is 0.396 e. The maximum atomic E-state index is 10.5. The molecule has 2 N–H and O–H groups in total. The van der Waals surface area contributed by atoms with E-state index in [-0.39, 0.29) is 12.0 Å². The molecule has 0 saturated heterocycles. The van der Waals surface area contributed by atoms with Gasteiger partial charge in [0.15, 0.2) is 0 Å². The molecule has 2 nitrogen and oxygen atoms in total. The number of aliphatic hydroxyl groups is 2. The summed E-state index contributed by atoms with van der Waals surface area (Å²) in [6, 6.07) is 0. The molecule has 0 aliphatic heterocycles. The van der Waals surface area contributed by atoms with Gasteiger partial charge in [0.25, 0.3) is 0 Å². The molecule has 0 aromatic carbocycles. The third kappa shape index (κ3) is 2.12. The molecule has 1 unspecified atom stereocenters. The van der Waals surface area contributed by atoms with Gasteiger partial charge in [-0.2, -0.15) is 0 Å². The van der Waals surface area contributed by atoms with E-state index in [1.165, 1.54) is 19.3 Å². The van der Waals surface area contributed by atoms with E-state index in [0.29, 0.717) is 6.42 Å². The Morgan fingerprint density at radius 3 is 2.21 bits per heavy atom. The van der Waals surface area contributed by atoms with Crippen LogP contribution in [-0.4, -0.2) is 22.4 Å². The molecule has 1 saturated carbocycles. The smallest absolute Gasteiger partial charge is 0.0720 e. The fourth-order valence-electron chi connectivity index (χ4n) is 2.89. The summed E-state index contributed by atoms with van der Waals surface area (Å²) >= 11 is 0. The topological polar surface area (TPSA) is 40.5 Å². The van der Waals surface area contributed by atoms with Gasteiger partial charge >= 0.3 is 0 Å². The first kappa shape index (κ1) is 12.0. The van der Waals surface area contributed by atoms with Crippen molar-refractivity contribution in [3.05, 3.63) is 0 Å². The first-order valence-corrected chi connectivity index (χ1v) is 5.91. The number of aliphatic hydroxyl groups excluding tert-OH is 1. The molecule has 0 radical (unpaired) electrons. The molecule has 1 rings (SSSR count). The van der Waals surface area contributed by atoms with Crippen molar-refractivity contribution in [3.63, 3.8) is 0 Å². The monoisotopic (exact) mass is 200 g/mol. The molecule has 0 aromatic rings. The Hall–Kier alpha value is -0.0800. The van der Waals surface area contributed by atoms with Crippen molar-refractivity contribution in [2.24, 2.45) is 5.41 Å². The van der Waals surface area contributed by atoms with Gasteiger partial charge in [-0.05, 0) is 31.1 Å². The second-order valence-electron chi connectivity index (χ2n) is 4.98. The highest BCUT2D eigenvalue weighted by atomic mass is 16.3. The van der Waals surface area contributed by atoms with Crippen LogP contribution in [0.4, 0.5) is 0 Å². The van der Waals surface area contributed by atoms with E-state index in [2.05, 4.69) is 6.92 Å². The van der Waals surface area contributed by atoms with Crippen LogP contribution in [0.1, 0.15) is 58.8 Å². The Labute approximate surface area is 87.3 Å². The van der Waals surface area contributed by atoms with Crippen LogP contribution in [-0.2, 0) is 0 Å². The summed E-state index contributed by atoms with van der Waals surface area (Å²) in [6.07, 6.45) is 7.25. The first-order valence-electron chi connectivity index (χ1n) is 5.91. The zero-order valence-corrected chi connectivity index (χ0v) is 9.55. The zero-order chi connectivity index (χ0) is 10.7. The number of hydrogen-bond donors (Lipinski definition) is 2. The van der Waals surface area contributed by atoms with Crippen molar-refractivity contribution in [1.29, 1.82) is 0 Å². The van der Waals surface area contributed by atoms with Gasteiger partial charge in [-0.3, -0.25) is 0 Å². The second kappa shape index (κ2) is 4.63. The van der Waals surface area contributed by atoms with Crippen molar-refractivity contribution in [2.75, 3.05) is 6.61 Å². The van der Waals surface area contributed by atoms with Gasteiger partial charge in [0.2, 0.25) is 0 Å². The molecule has 0 heterocycles. The van der Waals surface area contributed by atoms with Crippen molar-refractivity contribution in [3.8, 4) is 0 Å². The quantitative estimate of drug-likeness (QED) is 0.732. The molecule has 0 spiro atoms. The highest BCUT2D eigenvalue weighted by Gasteiger charge is 2.45. The third-order valence-corrected chi connectivity index (χ3v) is 4.19. The summed E-state index contributed by atoms with van der Waals surface area (Å²) in [4.78, 5) is 0. The van der Waals surface area contributed by atoms with E-state index in [1.54, 1.807) is 0 Å². The maximum Gasteiger partial charge on any atom is 0.0720 e. The normalized spacial score (nSPS) is 25.7. The van der Waals surface area contributed by atoms with Crippen molar-refractivity contribution in [1.82, 2.24) is 0 Å². The minimum atomic E-state index is -0.651. The highest BCUT2D eigenvalue weighted by Crippen LogP contribution is 2.47. The minimum Gasteiger partial charge on any atom is -0.396 e. The average molecular weight is 200 g/mol. The fraction of sp³-hybridized carbons (Fsp3) is 1.00. The zero-order valence-electron chi connectivity index (χ0n) is 9.55. The summed E-state index contributed by atoms with van der Waals surface area (Å²) in [5, 5.41) is 19.6. The van der Waals surface area contributed by atoms with Crippen LogP contribution in [0.2, 0.25) is 0 Å². The summed E-state index contributed by atoms with van der Waals surface area (Å²) in [7, 11) is 0. The van der Waals surface area contributed by atoms with Crippen LogP contribution in [0.5, 0.6) is 0 Å². The average Bonchev–Trinajstić information content (AvgIpc) is 2.19. The molecule has 84 valence electrons. The van der Waals surface area contributed by atoms with Crippen molar-refractivity contribution in [2.45, 2.75) is 64.4 Å². The Balaban J connectivity index is 2.73. The summed E-state index contributed by atoms with van der Waals surface area (Å²) in [5.41, 5.74) is -0.620. The minimum absolute atomic E-state index is 0.0305. The van der Waals surface area contributed by atoms with Gasteiger partial charge in [-0.15, -0.1) is 0 Å². The van der Waals surface area contributed by atoms with Crippen molar-refractivity contribution >= 4 is 0 Å². The third-order valence-electron chi connectivity index (χ3n) is 4.19. The van der Waals surface area contributed by atoms with E-state index in [9.17, 15) is 5.11 Å². The molecule has 1 fully saturated rings. The van der Waals surface area contributed by atoms with Gasteiger partial charge in [-0.1, -0.05) is 33.1 Å². The maximum absolute atomic E-state index is 10.5. The number of hydrogen-bond acceptors (Lipinski definition) is 2. The SMILES string of the molecule is CCC(O)(CCO)C1(C)CCCCC1. The van der Waals surface area contributed by atoms with Gasteiger partial charge < -0.3 is 10.2 Å². The van der Waals surface area contributed by atoms with Crippen LogP contribution >= 0.6 is 0 Å². The molecule has 14 heavy (non-hydrogen) atoms. The van der Waals surface area contributed by atoms with Gasteiger partial charge in [-0.25, -0.2) is 0 Å². The Bertz CT molecular complexity index is 166. The lowest BCUT2D eigenvalue weighted by Crippen LogP contribution is -2.47. The molecule has 1 aliphatic rings. The molecule has 0 aromatic heterocycles. The number of rotatable bonds is 4. The Kier molecular flexibility index (Phi) is 3.96. The summed E-state index contributed by atoms with van der Waals surface area (Å²) in [6.45, 7) is 4.31. The lowest BCUT2D eigenvalue weighted by molar-refractivity contribution is -0.109. The van der Waals surface area contributed by atoms with Crippen LogP contribution in [0, 0.1) is 5.41 Å². The van der Waals surface area contributed by atoms with E-state index in [0.717, 1.165) is 19.3 Å². The first-order chi connectivity index (χ1) is 6.58.